The van der Waals surface area contributed by atoms with Gasteiger partial charge in [0.1, 0.15) is 23.8 Å². The maximum Gasteiger partial charge on any atom is 0.148 e. The molecule has 0 radical (unpaired) electrons. The van der Waals surface area contributed by atoms with Crippen molar-refractivity contribution in [2.24, 2.45) is 0 Å². The minimum Gasteiger partial charge on any atom is -0.370 e. The van der Waals surface area contributed by atoms with Gasteiger partial charge in [0.05, 0.1) is 5.69 Å². The van der Waals surface area contributed by atoms with Crippen LogP contribution in [0.5, 0.6) is 0 Å². The van der Waals surface area contributed by atoms with Gasteiger partial charge in [-0.2, -0.15) is 0 Å². The lowest BCUT2D eigenvalue weighted by Gasteiger charge is -2.12. The van der Waals surface area contributed by atoms with Crippen LogP contribution in [0.15, 0.2) is 24.5 Å². The van der Waals surface area contributed by atoms with Gasteiger partial charge in [0.2, 0.25) is 0 Å². The van der Waals surface area contributed by atoms with Crippen molar-refractivity contribution in [1.29, 1.82) is 0 Å². The zero-order valence-corrected chi connectivity index (χ0v) is 11.4. The molecule has 0 saturated carbocycles. The molecule has 0 fully saturated rings. The van der Waals surface area contributed by atoms with Gasteiger partial charge in [-0.1, -0.05) is 11.6 Å². The van der Waals surface area contributed by atoms with Gasteiger partial charge in [0, 0.05) is 17.1 Å². The lowest BCUT2D eigenvalue weighted by molar-refractivity contribution is 0.632. The molecule has 1 aromatic heterocycles. The third-order valence-corrected chi connectivity index (χ3v) is 2.85. The van der Waals surface area contributed by atoms with E-state index in [1.54, 1.807) is 12.1 Å². The number of anilines is 3. The van der Waals surface area contributed by atoms with Crippen molar-refractivity contribution in [1.82, 2.24) is 9.97 Å². The summed E-state index contributed by atoms with van der Waals surface area (Å²) in [6, 6.07) is 4.45. The van der Waals surface area contributed by atoms with Crippen molar-refractivity contribution in [2.75, 3.05) is 17.2 Å². The Morgan fingerprint density at radius 1 is 1.26 bits per heavy atom. The Labute approximate surface area is 116 Å². The third-order valence-electron chi connectivity index (χ3n) is 2.61. The summed E-state index contributed by atoms with van der Waals surface area (Å²) in [6.45, 7) is 4.61. The lowest BCUT2D eigenvalue weighted by atomic mass is 10.2. The summed E-state index contributed by atoms with van der Waals surface area (Å²) in [5.74, 6) is 0.872. The monoisotopic (exact) mass is 280 g/mol. The van der Waals surface area contributed by atoms with E-state index in [1.165, 1.54) is 12.4 Å². The molecule has 1 aromatic carbocycles. The number of benzene rings is 1. The summed E-state index contributed by atoms with van der Waals surface area (Å²) in [7, 11) is 0. The number of nitrogens with one attached hydrogen (secondary N) is 2. The first-order valence-corrected chi connectivity index (χ1v) is 6.27. The summed E-state index contributed by atoms with van der Waals surface area (Å²) in [6.07, 6.45) is 1.43. The standard InChI is InChI=1S/C13H14ClFN4/c1-3-16-12-8(2)13(18-7-17-12)19-11-5-4-9(14)6-10(11)15/h4-7H,3H2,1-2H3,(H2,16,17,18,19). The van der Waals surface area contributed by atoms with Crippen LogP contribution < -0.4 is 10.6 Å². The highest BCUT2D eigenvalue weighted by molar-refractivity contribution is 6.30. The van der Waals surface area contributed by atoms with Gasteiger partial charge in [0.15, 0.2) is 0 Å². The number of halogens is 2. The van der Waals surface area contributed by atoms with Gasteiger partial charge in [-0.05, 0) is 32.0 Å². The predicted octanol–water partition coefficient (Wildman–Crippen LogP) is 3.75. The van der Waals surface area contributed by atoms with Crippen LogP contribution in [0.3, 0.4) is 0 Å². The Kier molecular flexibility index (Phi) is 4.16. The third kappa shape index (κ3) is 3.12. The van der Waals surface area contributed by atoms with Gasteiger partial charge < -0.3 is 10.6 Å². The zero-order valence-electron chi connectivity index (χ0n) is 10.7. The first-order chi connectivity index (χ1) is 9.11. The summed E-state index contributed by atoms with van der Waals surface area (Å²) in [4.78, 5) is 8.25. The van der Waals surface area contributed by atoms with Crippen molar-refractivity contribution in [3.05, 3.63) is 40.9 Å². The molecule has 0 aliphatic carbocycles. The minimum absolute atomic E-state index is 0.327. The number of rotatable bonds is 4. The number of hydrogen-bond donors (Lipinski definition) is 2. The molecule has 0 saturated heterocycles. The molecule has 4 nitrogen and oxygen atoms in total. The number of aromatic nitrogens is 2. The van der Waals surface area contributed by atoms with Crippen LogP contribution in [0, 0.1) is 12.7 Å². The summed E-state index contributed by atoms with van der Waals surface area (Å²) < 4.78 is 13.7. The van der Waals surface area contributed by atoms with E-state index >= 15 is 0 Å². The van der Waals surface area contributed by atoms with E-state index in [1.807, 2.05) is 13.8 Å². The van der Waals surface area contributed by atoms with Gasteiger partial charge in [0.25, 0.3) is 0 Å². The van der Waals surface area contributed by atoms with E-state index in [9.17, 15) is 4.39 Å². The van der Waals surface area contributed by atoms with E-state index in [2.05, 4.69) is 20.6 Å². The van der Waals surface area contributed by atoms with Gasteiger partial charge in [-0.25, -0.2) is 14.4 Å². The van der Waals surface area contributed by atoms with Crippen LogP contribution in [-0.4, -0.2) is 16.5 Å². The van der Waals surface area contributed by atoms with Crippen LogP contribution in [0.2, 0.25) is 5.02 Å². The number of nitrogens with zero attached hydrogens (tertiary/aromatic N) is 2. The smallest absolute Gasteiger partial charge is 0.148 e. The highest BCUT2D eigenvalue weighted by Gasteiger charge is 2.09. The lowest BCUT2D eigenvalue weighted by Crippen LogP contribution is -2.06. The summed E-state index contributed by atoms with van der Waals surface area (Å²) in [5, 5.41) is 6.42. The highest BCUT2D eigenvalue weighted by atomic mass is 35.5. The van der Waals surface area contributed by atoms with Crippen molar-refractivity contribution in [2.45, 2.75) is 13.8 Å². The van der Waals surface area contributed by atoms with Crippen LogP contribution in [0.4, 0.5) is 21.7 Å². The number of hydrogen-bond acceptors (Lipinski definition) is 4. The van der Waals surface area contributed by atoms with Crippen molar-refractivity contribution in [3.8, 4) is 0 Å². The van der Waals surface area contributed by atoms with Gasteiger partial charge >= 0.3 is 0 Å². The van der Waals surface area contributed by atoms with E-state index in [-0.39, 0.29) is 0 Å². The molecule has 2 rings (SSSR count). The van der Waals surface area contributed by atoms with Crippen molar-refractivity contribution in [3.63, 3.8) is 0 Å². The van der Waals surface area contributed by atoms with Crippen LogP contribution in [-0.2, 0) is 0 Å². The van der Waals surface area contributed by atoms with Gasteiger partial charge in [-0.3, -0.25) is 0 Å². The Morgan fingerprint density at radius 3 is 2.68 bits per heavy atom. The maximum atomic E-state index is 13.7. The average molecular weight is 281 g/mol. The fraction of sp³-hybridized carbons (Fsp3) is 0.231. The fourth-order valence-electron chi connectivity index (χ4n) is 1.64. The molecule has 0 bridgehead atoms. The molecule has 0 aliphatic rings. The first-order valence-electron chi connectivity index (χ1n) is 5.89. The molecule has 0 amide bonds. The molecule has 0 atom stereocenters. The second-order valence-electron chi connectivity index (χ2n) is 3.98. The molecule has 1 heterocycles. The molecular formula is C13H14ClFN4. The fourth-order valence-corrected chi connectivity index (χ4v) is 1.80. The zero-order chi connectivity index (χ0) is 13.8. The molecule has 0 spiro atoms. The predicted molar refractivity (Wildman–Crippen MR) is 75.6 cm³/mol. The SMILES string of the molecule is CCNc1ncnc(Nc2ccc(Cl)cc2F)c1C. The molecule has 100 valence electrons. The van der Waals surface area contributed by atoms with Crippen molar-refractivity contribution < 1.29 is 4.39 Å². The molecular weight excluding hydrogens is 267 g/mol. The normalized spacial score (nSPS) is 10.3. The molecule has 19 heavy (non-hydrogen) atoms. The Morgan fingerprint density at radius 2 is 2.00 bits per heavy atom. The largest absolute Gasteiger partial charge is 0.370 e. The summed E-state index contributed by atoms with van der Waals surface area (Å²) in [5.41, 5.74) is 1.16. The Bertz CT molecular complexity index is 589. The topological polar surface area (TPSA) is 49.8 Å². The van der Waals surface area contributed by atoms with E-state index in [0.29, 0.717) is 16.5 Å². The molecule has 2 aromatic rings. The van der Waals surface area contributed by atoms with E-state index in [4.69, 9.17) is 11.6 Å². The Hall–Kier alpha value is -1.88. The van der Waals surface area contributed by atoms with E-state index < -0.39 is 5.82 Å². The van der Waals surface area contributed by atoms with Crippen LogP contribution in [0.25, 0.3) is 0 Å². The van der Waals surface area contributed by atoms with Crippen LogP contribution >= 0.6 is 11.6 Å². The first kappa shape index (κ1) is 13.5. The Balaban J connectivity index is 2.30. The molecule has 0 unspecified atom stereocenters. The van der Waals surface area contributed by atoms with Crippen molar-refractivity contribution >= 4 is 28.9 Å². The second-order valence-corrected chi connectivity index (χ2v) is 4.41. The van der Waals surface area contributed by atoms with E-state index in [0.717, 1.165) is 17.9 Å². The minimum atomic E-state index is -0.421. The quantitative estimate of drug-likeness (QED) is 0.895. The molecule has 0 aliphatic heterocycles. The molecule has 2 N–H and O–H groups in total. The van der Waals surface area contributed by atoms with Gasteiger partial charge in [-0.15, -0.1) is 0 Å². The second kappa shape index (κ2) is 5.84. The summed E-state index contributed by atoms with van der Waals surface area (Å²) >= 11 is 5.71. The average Bonchev–Trinajstić information content (AvgIpc) is 2.37. The maximum absolute atomic E-state index is 13.7. The molecule has 6 heteroatoms. The highest BCUT2D eigenvalue weighted by Crippen LogP contribution is 2.25. The van der Waals surface area contributed by atoms with Crippen LogP contribution in [0.1, 0.15) is 12.5 Å².